The van der Waals surface area contributed by atoms with Gasteiger partial charge in [-0.1, -0.05) is 30.3 Å². The molecule has 0 spiro atoms. The smallest absolute Gasteiger partial charge is 0.332 e. The highest BCUT2D eigenvalue weighted by atomic mass is 16.4. The minimum Gasteiger partial charge on any atom is -0.479 e. The molecule has 6 heteroatoms. The van der Waals surface area contributed by atoms with Crippen molar-refractivity contribution >= 4 is 11.9 Å². The molecule has 0 aromatic heterocycles. The van der Waals surface area contributed by atoms with E-state index in [9.17, 15) is 9.59 Å². The number of hydrogen-bond donors (Lipinski definition) is 4. The molecule has 6 nitrogen and oxygen atoms in total. The van der Waals surface area contributed by atoms with Crippen LogP contribution in [0.3, 0.4) is 0 Å². The number of rotatable bonds is 5. The van der Waals surface area contributed by atoms with Crippen LogP contribution in [0.1, 0.15) is 12.0 Å². The van der Waals surface area contributed by atoms with Crippen LogP contribution < -0.4 is 11.5 Å². The van der Waals surface area contributed by atoms with Gasteiger partial charge in [0.15, 0.2) is 6.10 Å². The van der Waals surface area contributed by atoms with Crippen LogP contribution in [0.15, 0.2) is 30.3 Å². The van der Waals surface area contributed by atoms with E-state index in [0.717, 1.165) is 5.56 Å². The average Bonchev–Trinajstić information content (AvgIpc) is 2.37. The number of benzene rings is 1. The van der Waals surface area contributed by atoms with Gasteiger partial charge >= 0.3 is 5.97 Å². The molecule has 0 heterocycles. The third-order valence-electron chi connectivity index (χ3n) is 2.04. The van der Waals surface area contributed by atoms with E-state index in [1.165, 1.54) is 0 Å². The molecule has 6 N–H and O–H groups in total. The second-order valence-corrected chi connectivity index (χ2v) is 3.55. The molecule has 1 atom stereocenters. The molecule has 0 unspecified atom stereocenters. The van der Waals surface area contributed by atoms with E-state index in [1.807, 2.05) is 30.3 Å². The van der Waals surface area contributed by atoms with E-state index < -0.39 is 18.0 Å². The number of primary amides is 1. The summed E-state index contributed by atoms with van der Waals surface area (Å²) in [6, 6.07) is 9.51. The summed E-state index contributed by atoms with van der Waals surface area (Å²) in [6.45, 7) is -0.0556. The molecule has 0 saturated carbocycles. The van der Waals surface area contributed by atoms with Crippen molar-refractivity contribution in [2.75, 3.05) is 6.54 Å². The maximum atomic E-state index is 10.3. The maximum Gasteiger partial charge on any atom is 0.332 e. The van der Waals surface area contributed by atoms with Crippen LogP contribution in [0, 0.1) is 0 Å². The predicted molar refractivity (Wildman–Crippen MR) is 66.7 cm³/mol. The van der Waals surface area contributed by atoms with Gasteiger partial charge in [-0.2, -0.15) is 0 Å². The Morgan fingerprint density at radius 1 is 1.22 bits per heavy atom. The molecule has 1 aromatic rings. The molecule has 1 rings (SSSR count). The fourth-order valence-electron chi connectivity index (χ4n) is 1.07. The summed E-state index contributed by atoms with van der Waals surface area (Å²) in [4.78, 5) is 19.7. The third-order valence-corrected chi connectivity index (χ3v) is 2.04. The highest BCUT2D eigenvalue weighted by molar-refractivity contribution is 5.75. The standard InChI is InChI=1S/C10H12O3.C2H6N2O/c11-9(10(12)13)7-6-8-4-2-1-3-5-8;3-1-2(4)5/h1-5,9,11H,6-7H2,(H,12,13);1,3H2,(H2,4,5)/t9-;/m0./s1. The van der Waals surface area contributed by atoms with Crippen molar-refractivity contribution in [1.82, 2.24) is 0 Å². The summed E-state index contributed by atoms with van der Waals surface area (Å²) in [6.07, 6.45) is -0.395. The van der Waals surface area contributed by atoms with E-state index in [-0.39, 0.29) is 13.0 Å². The molecule has 18 heavy (non-hydrogen) atoms. The number of carboxylic acids is 1. The molecule has 0 bridgehead atoms. The summed E-state index contributed by atoms with van der Waals surface area (Å²) in [5, 5.41) is 17.4. The number of nitrogens with two attached hydrogens (primary N) is 2. The Balaban J connectivity index is 0.000000494. The third kappa shape index (κ3) is 8.26. The Hall–Kier alpha value is -1.92. The zero-order valence-corrected chi connectivity index (χ0v) is 9.95. The van der Waals surface area contributed by atoms with E-state index >= 15 is 0 Å². The number of aliphatic hydroxyl groups is 1. The minimum atomic E-state index is -1.25. The van der Waals surface area contributed by atoms with Gasteiger partial charge in [0, 0.05) is 0 Å². The summed E-state index contributed by atoms with van der Waals surface area (Å²) in [5.74, 6) is -1.62. The zero-order chi connectivity index (χ0) is 14.0. The molecule has 0 radical (unpaired) electrons. The van der Waals surface area contributed by atoms with Crippen molar-refractivity contribution in [2.45, 2.75) is 18.9 Å². The van der Waals surface area contributed by atoms with E-state index in [0.29, 0.717) is 6.42 Å². The first-order valence-corrected chi connectivity index (χ1v) is 5.40. The molecule has 1 amide bonds. The first kappa shape index (κ1) is 16.1. The number of amides is 1. The van der Waals surface area contributed by atoms with Crippen molar-refractivity contribution in [3.05, 3.63) is 35.9 Å². The number of hydrogen-bond acceptors (Lipinski definition) is 4. The van der Waals surface area contributed by atoms with Crippen LogP contribution in [-0.4, -0.2) is 34.7 Å². The maximum absolute atomic E-state index is 10.3. The quantitative estimate of drug-likeness (QED) is 0.563. The fraction of sp³-hybridized carbons (Fsp3) is 0.333. The van der Waals surface area contributed by atoms with Gasteiger partial charge in [-0.25, -0.2) is 4.79 Å². The van der Waals surface area contributed by atoms with Crippen LogP contribution in [0.4, 0.5) is 0 Å². The molecule has 0 aliphatic rings. The van der Waals surface area contributed by atoms with Crippen LogP contribution in [0.5, 0.6) is 0 Å². The zero-order valence-electron chi connectivity index (χ0n) is 9.95. The van der Waals surface area contributed by atoms with Crippen molar-refractivity contribution in [3.8, 4) is 0 Å². The predicted octanol–water partition coefficient (Wildman–Crippen LogP) is -0.505. The minimum absolute atomic E-state index is 0.0556. The summed E-state index contributed by atoms with van der Waals surface area (Å²) in [7, 11) is 0. The molecule has 0 aliphatic heterocycles. The van der Waals surface area contributed by atoms with Crippen molar-refractivity contribution in [3.63, 3.8) is 0 Å². The molecule has 1 aromatic carbocycles. The van der Waals surface area contributed by atoms with Gasteiger partial charge in [0.05, 0.1) is 6.54 Å². The van der Waals surface area contributed by atoms with Gasteiger partial charge in [0.25, 0.3) is 0 Å². The number of aryl methyl sites for hydroxylation is 1. The largest absolute Gasteiger partial charge is 0.479 e. The second kappa shape index (κ2) is 9.15. The molecular formula is C12H18N2O4. The topological polar surface area (TPSA) is 127 Å². The van der Waals surface area contributed by atoms with E-state index in [1.54, 1.807) is 0 Å². The normalized spacial score (nSPS) is 11.0. The van der Waals surface area contributed by atoms with Gasteiger partial charge in [0.1, 0.15) is 0 Å². The highest BCUT2D eigenvalue weighted by Gasteiger charge is 2.11. The lowest BCUT2D eigenvalue weighted by Gasteiger charge is -2.04. The first-order valence-electron chi connectivity index (χ1n) is 5.40. The van der Waals surface area contributed by atoms with E-state index in [4.69, 9.17) is 15.9 Å². The van der Waals surface area contributed by atoms with E-state index in [2.05, 4.69) is 5.73 Å². The number of carboxylic acid groups (broad SMARTS) is 1. The molecule has 0 fully saturated rings. The van der Waals surface area contributed by atoms with Crippen molar-refractivity contribution < 1.29 is 19.8 Å². The Kier molecular flexibility index (Phi) is 8.17. The van der Waals surface area contributed by atoms with Gasteiger partial charge in [-0.3, -0.25) is 4.79 Å². The molecule has 0 aliphatic carbocycles. The monoisotopic (exact) mass is 254 g/mol. The Morgan fingerprint density at radius 3 is 2.11 bits per heavy atom. The highest BCUT2D eigenvalue weighted by Crippen LogP contribution is 2.04. The van der Waals surface area contributed by atoms with Gasteiger partial charge < -0.3 is 21.7 Å². The Labute approximate surface area is 105 Å². The summed E-state index contributed by atoms with van der Waals surface area (Å²) < 4.78 is 0. The molecular weight excluding hydrogens is 236 g/mol. The van der Waals surface area contributed by atoms with Crippen LogP contribution in [-0.2, 0) is 16.0 Å². The molecule has 100 valence electrons. The second-order valence-electron chi connectivity index (χ2n) is 3.55. The van der Waals surface area contributed by atoms with Crippen LogP contribution in [0.2, 0.25) is 0 Å². The number of aliphatic carboxylic acids is 1. The van der Waals surface area contributed by atoms with Crippen LogP contribution in [0.25, 0.3) is 0 Å². The van der Waals surface area contributed by atoms with Gasteiger partial charge in [0.2, 0.25) is 5.91 Å². The summed E-state index contributed by atoms with van der Waals surface area (Å²) >= 11 is 0. The lowest BCUT2D eigenvalue weighted by atomic mass is 10.1. The number of aliphatic hydroxyl groups excluding tert-OH is 1. The van der Waals surface area contributed by atoms with Gasteiger partial charge in [-0.15, -0.1) is 0 Å². The Bertz CT molecular complexity index is 368. The SMILES string of the molecule is NCC(N)=O.O=C(O)[C@@H](O)CCc1ccccc1. The van der Waals surface area contributed by atoms with Crippen molar-refractivity contribution in [2.24, 2.45) is 11.5 Å². The molecule has 0 saturated heterocycles. The lowest BCUT2D eigenvalue weighted by molar-refractivity contribution is -0.146. The summed E-state index contributed by atoms with van der Waals surface area (Å²) in [5.41, 5.74) is 10.3. The average molecular weight is 254 g/mol. The fourth-order valence-corrected chi connectivity index (χ4v) is 1.07. The van der Waals surface area contributed by atoms with Gasteiger partial charge in [-0.05, 0) is 18.4 Å². The lowest BCUT2D eigenvalue weighted by Crippen LogP contribution is -2.21. The van der Waals surface area contributed by atoms with Crippen molar-refractivity contribution in [1.29, 1.82) is 0 Å². The van der Waals surface area contributed by atoms with Crippen LogP contribution >= 0.6 is 0 Å². The number of carbonyl (C=O) groups is 2. The Morgan fingerprint density at radius 2 is 1.72 bits per heavy atom. The number of carbonyl (C=O) groups excluding carboxylic acids is 1. The first-order chi connectivity index (χ1) is 8.47.